The van der Waals surface area contributed by atoms with Crippen molar-refractivity contribution in [2.45, 2.75) is 31.6 Å². The minimum Gasteiger partial charge on any atom is -0.383 e. The molecule has 1 aromatic rings. The van der Waals surface area contributed by atoms with Gasteiger partial charge in [0.2, 0.25) is 10.0 Å². The fourth-order valence-electron chi connectivity index (χ4n) is 2.04. The number of sulfonamides is 1. The molecule has 0 atom stereocenters. The minimum absolute atomic E-state index is 0.188. The van der Waals surface area contributed by atoms with E-state index in [4.69, 9.17) is 0 Å². The number of nitro groups is 1. The van der Waals surface area contributed by atoms with Crippen LogP contribution in [0, 0.1) is 10.1 Å². The molecule has 0 unspecified atom stereocenters. The lowest BCUT2D eigenvalue weighted by Crippen LogP contribution is -2.32. The fourth-order valence-corrected chi connectivity index (χ4v) is 3.71. The first-order valence-electron chi connectivity index (χ1n) is 6.85. The first-order chi connectivity index (χ1) is 9.89. The van der Waals surface area contributed by atoms with Gasteiger partial charge in [-0.15, -0.1) is 0 Å². The van der Waals surface area contributed by atoms with Crippen LogP contribution in [0.15, 0.2) is 23.1 Å². The quantitative estimate of drug-likeness (QED) is 0.587. The summed E-state index contributed by atoms with van der Waals surface area (Å²) in [7, 11) is -2.36. The first-order valence-corrected chi connectivity index (χ1v) is 8.29. The summed E-state index contributed by atoms with van der Waals surface area (Å²) in [6, 6.07) is 4.27. The SMILES string of the molecule is CCCCN(CC)S(=O)(=O)c1cccc(NC)c1[N+](=O)[O-]. The van der Waals surface area contributed by atoms with Gasteiger partial charge in [0.25, 0.3) is 0 Å². The summed E-state index contributed by atoms with van der Waals surface area (Å²) < 4.78 is 26.6. The van der Waals surface area contributed by atoms with Crippen LogP contribution in [0.2, 0.25) is 0 Å². The molecule has 0 heterocycles. The van der Waals surface area contributed by atoms with Crippen molar-refractivity contribution in [3.05, 3.63) is 28.3 Å². The Morgan fingerprint density at radius 3 is 2.48 bits per heavy atom. The third-order valence-corrected chi connectivity index (χ3v) is 5.19. The molecular weight excluding hydrogens is 294 g/mol. The molecule has 0 bridgehead atoms. The molecule has 0 radical (unpaired) electrons. The van der Waals surface area contributed by atoms with Gasteiger partial charge in [0.05, 0.1) is 4.92 Å². The van der Waals surface area contributed by atoms with Crippen LogP contribution >= 0.6 is 0 Å². The second kappa shape index (κ2) is 7.37. The number of benzene rings is 1. The summed E-state index contributed by atoms with van der Waals surface area (Å²) >= 11 is 0. The number of unbranched alkanes of at least 4 members (excludes halogenated alkanes) is 1. The molecule has 118 valence electrons. The molecule has 0 aliphatic rings. The molecular formula is C13H21N3O4S. The molecule has 7 nitrogen and oxygen atoms in total. The van der Waals surface area contributed by atoms with Gasteiger partial charge in [-0.05, 0) is 18.6 Å². The molecule has 0 aliphatic heterocycles. The summed E-state index contributed by atoms with van der Waals surface area (Å²) in [5, 5.41) is 13.9. The zero-order valence-electron chi connectivity index (χ0n) is 12.5. The van der Waals surface area contributed by atoms with Crippen LogP contribution < -0.4 is 5.32 Å². The molecule has 0 aliphatic carbocycles. The Labute approximate surface area is 125 Å². The summed E-state index contributed by atoms with van der Waals surface area (Å²) in [5.74, 6) is 0. The van der Waals surface area contributed by atoms with Crippen molar-refractivity contribution in [3.63, 3.8) is 0 Å². The number of nitrogens with zero attached hydrogens (tertiary/aromatic N) is 2. The van der Waals surface area contributed by atoms with Gasteiger partial charge in [0.15, 0.2) is 4.90 Å². The maximum absolute atomic E-state index is 12.7. The van der Waals surface area contributed by atoms with Gasteiger partial charge in [-0.2, -0.15) is 4.31 Å². The van der Waals surface area contributed by atoms with Crippen molar-refractivity contribution in [3.8, 4) is 0 Å². The van der Waals surface area contributed by atoms with Crippen LogP contribution in [0.25, 0.3) is 0 Å². The Morgan fingerprint density at radius 1 is 1.33 bits per heavy atom. The highest BCUT2D eigenvalue weighted by atomic mass is 32.2. The molecule has 0 saturated carbocycles. The third-order valence-electron chi connectivity index (χ3n) is 3.18. The molecule has 0 spiro atoms. The van der Waals surface area contributed by atoms with Crippen LogP contribution in [-0.4, -0.2) is 37.8 Å². The predicted molar refractivity (Wildman–Crippen MR) is 82.0 cm³/mol. The van der Waals surface area contributed by atoms with Crippen molar-refractivity contribution < 1.29 is 13.3 Å². The maximum atomic E-state index is 12.7. The average Bonchev–Trinajstić information content (AvgIpc) is 2.46. The fraction of sp³-hybridized carbons (Fsp3) is 0.538. The molecule has 0 aromatic heterocycles. The maximum Gasteiger partial charge on any atom is 0.312 e. The van der Waals surface area contributed by atoms with E-state index in [-0.39, 0.29) is 17.1 Å². The van der Waals surface area contributed by atoms with Gasteiger partial charge in [-0.3, -0.25) is 10.1 Å². The standard InChI is InChI=1S/C13H21N3O4S/c1-4-6-10-15(5-2)21(19,20)12-9-7-8-11(14-3)13(12)16(17)18/h7-9,14H,4-6,10H2,1-3H3. The van der Waals surface area contributed by atoms with Gasteiger partial charge in [0.1, 0.15) is 5.69 Å². The van der Waals surface area contributed by atoms with Crippen molar-refractivity contribution in [1.82, 2.24) is 4.31 Å². The van der Waals surface area contributed by atoms with Crippen LogP contribution in [0.5, 0.6) is 0 Å². The minimum atomic E-state index is -3.88. The second-order valence-corrected chi connectivity index (χ2v) is 6.42. The second-order valence-electron chi connectivity index (χ2n) is 4.51. The lowest BCUT2D eigenvalue weighted by atomic mass is 10.3. The van der Waals surface area contributed by atoms with Crippen molar-refractivity contribution in [2.24, 2.45) is 0 Å². The van der Waals surface area contributed by atoms with Gasteiger partial charge in [-0.25, -0.2) is 8.42 Å². The Morgan fingerprint density at radius 2 is 2.00 bits per heavy atom. The summed E-state index contributed by atoms with van der Waals surface area (Å²) in [6.45, 7) is 4.32. The molecule has 1 rings (SSSR count). The largest absolute Gasteiger partial charge is 0.383 e. The van der Waals surface area contributed by atoms with E-state index in [1.165, 1.54) is 29.6 Å². The number of para-hydroxylation sites is 1. The highest BCUT2D eigenvalue weighted by Crippen LogP contribution is 2.33. The smallest absolute Gasteiger partial charge is 0.312 e. The molecule has 1 aromatic carbocycles. The topological polar surface area (TPSA) is 92.6 Å². The summed E-state index contributed by atoms with van der Waals surface area (Å²) in [5.41, 5.74) is -0.220. The molecule has 0 fully saturated rings. The zero-order valence-corrected chi connectivity index (χ0v) is 13.3. The lowest BCUT2D eigenvalue weighted by molar-refractivity contribution is -0.386. The Hall–Kier alpha value is -1.67. The highest BCUT2D eigenvalue weighted by Gasteiger charge is 2.32. The first kappa shape index (κ1) is 17.4. The zero-order chi connectivity index (χ0) is 16.0. The van der Waals surface area contributed by atoms with Crippen LogP contribution in [0.1, 0.15) is 26.7 Å². The molecule has 21 heavy (non-hydrogen) atoms. The number of rotatable bonds is 8. The third kappa shape index (κ3) is 3.70. The number of hydrogen-bond donors (Lipinski definition) is 1. The van der Waals surface area contributed by atoms with E-state index < -0.39 is 20.6 Å². The van der Waals surface area contributed by atoms with Gasteiger partial charge in [0, 0.05) is 20.1 Å². The van der Waals surface area contributed by atoms with E-state index in [9.17, 15) is 18.5 Å². The van der Waals surface area contributed by atoms with Gasteiger partial charge < -0.3 is 5.32 Å². The highest BCUT2D eigenvalue weighted by molar-refractivity contribution is 7.89. The lowest BCUT2D eigenvalue weighted by Gasteiger charge is -2.20. The van der Waals surface area contributed by atoms with E-state index >= 15 is 0 Å². The number of anilines is 1. The number of nitrogens with one attached hydrogen (secondary N) is 1. The van der Waals surface area contributed by atoms with Crippen LogP contribution in [0.4, 0.5) is 11.4 Å². The van der Waals surface area contributed by atoms with E-state index in [0.29, 0.717) is 13.0 Å². The summed E-state index contributed by atoms with van der Waals surface area (Å²) in [6.07, 6.45) is 1.57. The Balaban J connectivity index is 3.40. The molecule has 0 saturated heterocycles. The van der Waals surface area contributed by atoms with E-state index in [0.717, 1.165) is 6.42 Å². The summed E-state index contributed by atoms with van der Waals surface area (Å²) in [4.78, 5) is 10.3. The van der Waals surface area contributed by atoms with Crippen LogP contribution in [0.3, 0.4) is 0 Å². The molecule has 1 N–H and O–H groups in total. The monoisotopic (exact) mass is 315 g/mol. The van der Waals surface area contributed by atoms with Gasteiger partial charge >= 0.3 is 5.69 Å². The molecule has 0 amide bonds. The van der Waals surface area contributed by atoms with Crippen LogP contribution in [-0.2, 0) is 10.0 Å². The van der Waals surface area contributed by atoms with E-state index in [1.807, 2.05) is 6.92 Å². The van der Waals surface area contributed by atoms with Crippen molar-refractivity contribution in [2.75, 3.05) is 25.5 Å². The Kier molecular flexibility index (Phi) is 6.10. The van der Waals surface area contributed by atoms with Gasteiger partial charge in [-0.1, -0.05) is 26.3 Å². The van der Waals surface area contributed by atoms with Crippen molar-refractivity contribution >= 4 is 21.4 Å². The average molecular weight is 315 g/mol. The normalized spacial score (nSPS) is 11.6. The van der Waals surface area contributed by atoms with E-state index in [1.54, 1.807) is 6.92 Å². The number of nitro benzene ring substituents is 1. The predicted octanol–water partition coefficient (Wildman–Crippen LogP) is 2.45. The van der Waals surface area contributed by atoms with E-state index in [2.05, 4.69) is 5.32 Å². The molecule has 8 heteroatoms. The number of hydrogen-bond acceptors (Lipinski definition) is 5. The van der Waals surface area contributed by atoms with Crippen molar-refractivity contribution in [1.29, 1.82) is 0 Å². The Bertz CT molecular complexity index is 601.